The van der Waals surface area contributed by atoms with Crippen LogP contribution in [-0.4, -0.2) is 5.78 Å². The number of Topliss-reactive ketones (excluding diaryl/α,β-unsaturated/α-hetero) is 1. The van der Waals surface area contributed by atoms with Gasteiger partial charge < -0.3 is 0 Å². The smallest absolute Gasteiger partial charge is 0.141 e. The maximum Gasteiger partial charge on any atom is 0.141 e. The molecule has 0 fully saturated rings. The van der Waals surface area contributed by atoms with Crippen LogP contribution in [0.2, 0.25) is 15.1 Å². The summed E-state index contributed by atoms with van der Waals surface area (Å²) in [6.45, 7) is 0. The van der Waals surface area contributed by atoms with Crippen molar-refractivity contribution in [3.05, 3.63) is 68.7 Å². The molecule has 0 heterocycles. The molecule has 0 saturated heterocycles. The van der Waals surface area contributed by atoms with Crippen molar-refractivity contribution >= 4 is 40.6 Å². The number of benzene rings is 2. The number of hydrogen-bond acceptors (Lipinski definition) is 1. The van der Waals surface area contributed by atoms with Crippen LogP contribution in [0.3, 0.4) is 0 Å². The van der Waals surface area contributed by atoms with Crippen molar-refractivity contribution in [2.75, 3.05) is 0 Å². The Morgan fingerprint density at radius 1 is 0.947 bits per heavy atom. The van der Waals surface area contributed by atoms with E-state index in [1.165, 1.54) is 0 Å². The first-order chi connectivity index (χ1) is 9.06. The average molecular weight is 314 g/mol. The Hall–Kier alpha value is -1.02. The maximum atomic E-state index is 12.0. The number of hydrogen-bond donors (Lipinski definition) is 0. The largest absolute Gasteiger partial charge is 0.299 e. The normalized spacial score (nSPS) is 10.5. The van der Waals surface area contributed by atoms with Crippen molar-refractivity contribution in [2.24, 2.45) is 0 Å². The van der Waals surface area contributed by atoms with Gasteiger partial charge in [0.1, 0.15) is 5.78 Å². The molecular weight excluding hydrogens is 303 g/mol. The van der Waals surface area contributed by atoms with Gasteiger partial charge in [-0.05, 0) is 29.3 Å². The van der Waals surface area contributed by atoms with Gasteiger partial charge in [-0.3, -0.25) is 4.79 Å². The fourth-order valence-electron chi connectivity index (χ4n) is 1.83. The van der Waals surface area contributed by atoms with E-state index in [-0.39, 0.29) is 12.2 Å². The number of carbonyl (C=O) groups excluding carboxylic acids is 1. The molecule has 0 aromatic heterocycles. The van der Waals surface area contributed by atoms with Gasteiger partial charge in [0.25, 0.3) is 0 Å². The lowest BCUT2D eigenvalue weighted by Gasteiger charge is -2.05. The zero-order valence-electron chi connectivity index (χ0n) is 10.00. The highest BCUT2D eigenvalue weighted by molar-refractivity contribution is 6.42. The quantitative estimate of drug-likeness (QED) is 0.776. The van der Waals surface area contributed by atoms with Crippen LogP contribution in [0.4, 0.5) is 0 Å². The van der Waals surface area contributed by atoms with Gasteiger partial charge in [-0.2, -0.15) is 0 Å². The van der Waals surface area contributed by atoms with E-state index in [2.05, 4.69) is 0 Å². The van der Waals surface area contributed by atoms with Crippen LogP contribution in [-0.2, 0) is 17.6 Å². The number of ketones is 1. The third kappa shape index (κ3) is 3.97. The minimum absolute atomic E-state index is 0.0754. The molecule has 0 N–H and O–H groups in total. The Labute approximate surface area is 127 Å². The fourth-order valence-corrected chi connectivity index (χ4v) is 2.43. The second-order valence-electron chi connectivity index (χ2n) is 4.24. The minimum atomic E-state index is 0.0754. The van der Waals surface area contributed by atoms with Crippen molar-refractivity contribution in [1.82, 2.24) is 0 Å². The first-order valence-corrected chi connectivity index (χ1v) is 6.88. The first kappa shape index (κ1) is 14.4. The zero-order valence-corrected chi connectivity index (χ0v) is 12.3. The van der Waals surface area contributed by atoms with Crippen LogP contribution < -0.4 is 0 Å². The highest BCUT2D eigenvalue weighted by atomic mass is 35.5. The summed E-state index contributed by atoms with van der Waals surface area (Å²) in [7, 11) is 0. The molecule has 4 heteroatoms. The van der Waals surface area contributed by atoms with E-state index < -0.39 is 0 Å². The van der Waals surface area contributed by atoms with E-state index in [9.17, 15) is 4.79 Å². The summed E-state index contributed by atoms with van der Waals surface area (Å²) < 4.78 is 0. The lowest BCUT2D eigenvalue weighted by Crippen LogP contribution is -2.07. The van der Waals surface area contributed by atoms with E-state index in [4.69, 9.17) is 34.8 Å². The molecule has 0 bridgehead atoms. The van der Waals surface area contributed by atoms with Crippen molar-refractivity contribution in [1.29, 1.82) is 0 Å². The van der Waals surface area contributed by atoms with E-state index >= 15 is 0 Å². The standard InChI is InChI=1S/C15H11Cl3O/c16-12-5-1-3-10(7-12)8-13(19)9-11-4-2-6-14(17)15(11)18/h1-7H,8-9H2. The van der Waals surface area contributed by atoms with Crippen LogP contribution in [0.15, 0.2) is 42.5 Å². The Bertz CT molecular complexity index is 608. The van der Waals surface area contributed by atoms with Gasteiger partial charge in [-0.25, -0.2) is 0 Å². The average Bonchev–Trinajstić information content (AvgIpc) is 2.35. The Balaban J connectivity index is 2.08. The molecular formula is C15H11Cl3O. The van der Waals surface area contributed by atoms with Crippen LogP contribution in [0, 0.1) is 0 Å². The topological polar surface area (TPSA) is 17.1 Å². The summed E-state index contributed by atoms with van der Waals surface area (Å²) in [6, 6.07) is 12.6. The Kier molecular flexibility index (Phi) is 4.87. The van der Waals surface area contributed by atoms with Crippen LogP contribution in [0.5, 0.6) is 0 Å². The third-order valence-electron chi connectivity index (χ3n) is 2.71. The fraction of sp³-hybridized carbons (Fsp3) is 0.133. The zero-order chi connectivity index (χ0) is 13.8. The minimum Gasteiger partial charge on any atom is -0.299 e. The summed E-state index contributed by atoms with van der Waals surface area (Å²) in [6.07, 6.45) is 0.606. The van der Waals surface area contributed by atoms with Crippen molar-refractivity contribution in [3.63, 3.8) is 0 Å². The van der Waals surface area contributed by atoms with Crippen molar-refractivity contribution in [3.8, 4) is 0 Å². The number of rotatable bonds is 4. The van der Waals surface area contributed by atoms with Gasteiger partial charge in [-0.1, -0.05) is 59.1 Å². The molecule has 0 aliphatic carbocycles. The maximum absolute atomic E-state index is 12.0. The summed E-state index contributed by atoms with van der Waals surface area (Å²) in [5, 5.41) is 1.55. The predicted octanol–water partition coefficient (Wildman–Crippen LogP) is 5.00. The predicted molar refractivity (Wildman–Crippen MR) is 80.3 cm³/mol. The molecule has 98 valence electrons. The van der Waals surface area contributed by atoms with E-state index in [1.807, 2.05) is 18.2 Å². The molecule has 2 rings (SSSR count). The van der Waals surface area contributed by atoms with Gasteiger partial charge >= 0.3 is 0 Å². The first-order valence-electron chi connectivity index (χ1n) is 5.75. The summed E-state index contributed by atoms with van der Waals surface area (Å²) in [4.78, 5) is 12.0. The molecule has 19 heavy (non-hydrogen) atoms. The molecule has 0 radical (unpaired) electrons. The molecule has 0 amide bonds. The molecule has 0 spiro atoms. The van der Waals surface area contributed by atoms with Crippen molar-refractivity contribution in [2.45, 2.75) is 12.8 Å². The SMILES string of the molecule is O=C(Cc1cccc(Cl)c1)Cc1cccc(Cl)c1Cl. The second kappa shape index (κ2) is 6.42. The van der Waals surface area contributed by atoms with Crippen molar-refractivity contribution < 1.29 is 4.79 Å². The van der Waals surface area contributed by atoms with Gasteiger partial charge in [0, 0.05) is 17.9 Å². The molecule has 2 aromatic carbocycles. The summed E-state index contributed by atoms with van der Waals surface area (Å²) in [5.74, 6) is 0.0754. The van der Waals surface area contributed by atoms with E-state index in [0.717, 1.165) is 11.1 Å². The van der Waals surface area contributed by atoms with Crippen LogP contribution in [0.25, 0.3) is 0 Å². The number of carbonyl (C=O) groups is 1. The van der Waals surface area contributed by atoms with Crippen LogP contribution >= 0.6 is 34.8 Å². The highest BCUT2D eigenvalue weighted by Crippen LogP contribution is 2.26. The highest BCUT2D eigenvalue weighted by Gasteiger charge is 2.10. The Morgan fingerprint density at radius 2 is 1.68 bits per heavy atom. The molecule has 0 atom stereocenters. The molecule has 0 aliphatic heterocycles. The molecule has 0 unspecified atom stereocenters. The van der Waals surface area contributed by atoms with E-state index in [0.29, 0.717) is 21.5 Å². The van der Waals surface area contributed by atoms with E-state index in [1.54, 1.807) is 24.3 Å². The van der Waals surface area contributed by atoms with Crippen LogP contribution in [0.1, 0.15) is 11.1 Å². The molecule has 0 saturated carbocycles. The molecule has 1 nitrogen and oxygen atoms in total. The van der Waals surface area contributed by atoms with Gasteiger partial charge in [0.15, 0.2) is 0 Å². The monoisotopic (exact) mass is 312 g/mol. The molecule has 0 aliphatic rings. The summed E-state index contributed by atoms with van der Waals surface area (Å²) >= 11 is 17.9. The summed E-state index contributed by atoms with van der Waals surface area (Å²) in [5.41, 5.74) is 1.65. The lowest BCUT2D eigenvalue weighted by atomic mass is 10.0. The van der Waals surface area contributed by atoms with Gasteiger partial charge in [0.05, 0.1) is 10.0 Å². The van der Waals surface area contributed by atoms with Gasteiger partial charge in [0.2, 0.25) is 0 Å². The molecule has 2 aromatic rings. The lowest BCUT2D eigenvalue weighted by molar-refractivity contribution is -0.117. The third-order valence-corrected chi connectivity index (χ3v) is 3.80. The number of halogens is 3. The Morgan fingerprint density at radius 3 is 2.42 bits per heavy atom. The second-order valence-corrected chi connectivity index (χ2v) is 5.46. The van der Waals surface area contributed by atoms with Gasteiger partial charge in [-0.15, -0.1) is 0 Å².